The van der Waals surface area contributed by atoms with Crippen LogP contribution < -0.4 is 10.6 Å². The van der Waals surface area contributed by atoms with Crippen LogP contribution in [-0.2, 0) is 9.59 Å². The van der Waals surface area contributed by atoms with E-state index in [1.165, 1.54) is 0 Å². The van der Waals surface area contributed by atoms with Gasteiger partial charge < -0.3 is 15.2 Å². The van der Waals surface area contributed by atoms with E-state index in [1.54, 1.807) is 43.6 Å². The van der Waals surface area contributed by atoms with E-state index in [0.717, 1.165) is 10.6 Å². The highest BCUT2D eigenvalue weighted by atomic mass is 32.2. The van der Waals surface area contributed by atoms with Crippen molar-refractivity contribution in [1.29, 1.82) is 0 Å². The second kappa shape index (κ2) is 8.68. The highest BCUT2D eigenvalue weighted by molar-refractivity contribution is 7.98. The van der Waals surface area contributed by atoms with Crippen molar-refractivity contribution in [2.45, 2.75) is 24.8 Å². The molecular weight excluding hydrogens is 340 g/mol. The lowest BCUT2D eigenvalue weighted by atomic mass is 10.2. The van der Waals surface area contributed by atoms with Crippen molar-refractivity contribution in [2.24, 2.45) is 0 Å². The lowest BCUT2D eigenvalue weighted by Crippen LogP contribution is -2.43. The third-order valence-corrected chi connectivity index (χ3v) is 4.49. The fraction of sp³-hybridized carbons (Fsp3) is 0.353. The number of aryl methyl sites for hydroxylation is 1. The van der Waals surface area contributed by atoms with Crippen molar-refractivity contribution >= 4 is 35.1 Å². The number of amides is 2. The number of nitrogens with zero attached hydrogens (tertiary/aromatic N) is 2. The molecule has 0 radical (unpaired) electrons. The van der Waals surface area contributed by atoms with Crippen LogP contribution in [0.2, 0.25) is 0 Å². The molecule has 0 aliphatic heterocycles. The van der Waals surface area contributed by atoms with Gasteiger partial charge in [0.05, 0.1) is 18.3 Å². The normalized spacial score (nSPS) is 12.0. The zero-order valence-corrected chi connectivity index (χ0v) is 15.5. The quantitative estimate of drug-likeness (QED) is 0.736. The van der Waals surface area contributed by atoms with Crippen LogP contribution in [0.5, 0.6) is 0 Å². The van der Waals surface area contributed by atoms with Crippen LogP contribution in [0.15, 0.2) is 39.8 Å². The van der Waals surface area contributed by atoms with Crippen LogP contribution in [0, 0.1) is 6.92 Å². The maximum absolute atomic E-state index is 12.3. The van der Waals surface area contributed by atoms with Crippen LogP contribution in [0.1, 0.15) is 12.7 Å². The van der Waals surface area contributed by atoms with Gasteiger partial charge in [0, 0.05) is 11.0 Å². The Morgan fingerprint density at radius 3 is 2.68 bits per heavy atom. The molecule has 1 aromatic carbocycles. The zero-order valence-electron chi connectivity index (χ0n) is 14.7. The molecule has 2 N–H and O–H groups in total. The third-order valence-electron chi connectivity index (χ3n) is 3.69. The predicted octanol–water partition coefficient (Wildman–Crippen LogP) is 2.60. The van der Waals surface area contributed by atoms with Crippen LogP contribution in [-0.4, -0.2) is 47.8 Å². The van der Waals surface area contributed by atoms with E-state index in [-0.39, 0.29) is 18.4 Å². The summed E-state index contributed by atoms with van der Waals surface area (Å²) in [5, 5.41) is 9.27. The van der Waals surface area contributed by atoms with E-state index >= 15 is 0 Å². The first-order valence-electron chi connectivity index (χ1n) is 7.78. The van der Waals surface area contributed by atoms with Gasteiger partial charge in [-0.3, -0.25) is 14.5 Å². The molecule has 134 valence electrons. The molecule has 1 heterocycles. The number of benzene rings is 1. The molecule has 0 saturated heterocycles. The Morgan fingerprint density at radius 2 is 2.04 bits per heavy atom. The molecule has 8 heteroatoms. The standard InChI is InChI=1S/C17H22N4O3S/c1-11-9-15(20-24-11)19-17(23)12(2)21(3)10-16(22)18-13-7-5-6-8-14(13)25-4/h5-9,12H,10H2,1-4H3,(H,18,22)(H,19,20,23). The van der Waals surface area contributed by atoms with Gasteiger partial charge in [-0.2, -0.15) is 0 Å². The number of nitrogens with one attached hydrogen (secondary N) is 2. The topological polar surface area (TPSA) is 87.5 Å². The van der Waals surface area contributed by atoms with Gasteiger partial charge >= 0.3 is 0 Å². The monoisotopic (exact) mass is 362 g/mol. The summed E-state index contributed by atoms with van der Waals surface area (Å²) in [4.78, 5) is 27.1. The summed E-state index contributed by atoms with van der Waals surface area (Å²) < 4.78 is 4.91. The summed E-state index contributed by atoms with van der Waals surface area (Å²) in [6.45, 7) is 3.56. The average Bonchev–Trinajstić information content (AvgIpc) is 2.99. The Morgan fingerprint density at radius 1 is 1.32 bits per heavy atom. The lowest BCUT2D eigenvalue weighted by molar-refractivity contribution is -0.122. The van der Waals surface area contributed by atoms with E-state index in [2.05, 4.69) is 15.8 Å². The fourth-order valence-corrected chi connectivity index (χ4v) is 2.71. The Bertz CT molecular complexity index is 747. The van der Waals surface area contributed by atoms with Crippen molar-refractivity contribution in [3.05, 3.63) is 36.1 Å². The third kappa shape index (κ3) is 5.33. The van der Waals surface area contributed by atoms with Crippen molar-refractivity contribution in [1.82, 2.24) is 10.1 Å². The highest BCUT2D eigenvalue weighted by Crippen LogP contribution is 2.24. The molecular formula is C17H22N4O3S. The molecule has 2 rings (SSSR count). The van der Waals surface area contributed by atoms with Gasteiger partial charge in [0.1, 0.15) is 5.76 Å². The predicted molar refractivity (Wildman–Crippen MR) is 98.8 cm³/mol. The number of hydrogen-bond acceptors (Lipinski definition) is 6. The summed E-state index contributed by atoms with van der Waals surface area (Å²) >= 11 is 1.56. The van der Waals surface area contributed by atoms with Crippen molar-refractivity contribution < 1.29 is 14.1 Å². The maximum atomic E-state index is 12.3. The van der Waals surface area contributed by atoms with Crippen LogP contribution in [0.3, 0.4) is 0 Å². The number of anilines is 2. The van der Waals surface area contributed by atoms with Crippen LogP contribution in [0.25, 0.3) is 0 Å². The van der Waals surface area contributed by atoms with Crippen LogP contribution in [0.4, 0.5) is 11.5 Å². The molecule has 0 saturated carbocycles. The van der Waals surface area contributed by atoms with E-state index in [1.807, 2.05) is 30.5 Å². The van der Waals surface area contributed by atoms with Crippen molar-refractivity contribution in [2.75, 3.05) is 30.5 Å². The van der Waals surface area contributed by atoms with Gasteiger partial charge in [-0.1, -0.05) is 17.3 Å². The minimum atomic E-state index is -0.501. The Hall–Kier alpha value is -2.32. The Kier molecular flexibility index (Phi) is 6.60. The number of likely N-dealkylation sites (N-methyl/N-ethyl adjacent to an activating group) is 1. The highest BCUT2D eigenvalue weighted by Gasteiger charge is 2.21. The van der Waals surface area contributed by atoms with Gasteiger partial charge in [-0.15, -0.1) is 11.8 Å². The summed E-state index contributed by atoms with van der Waals surface area (Å²) in [5.41, 5.74) is 0.767. The molecule has 0 aliphatic rings. The maximum Gasteiger partial charge on any atom is 0.242 e. The number of carbonyl (C=O) groups excluding carboxylic acids is 2. The van der Waals surface area contributed by atoms with E-state index < -0.39 is 6.04 Å². The van der Waals surface area contributed by atoms with Gasteiger partial charge in [-0.05, 0) is 39.3 Å². The number of hydrogen-bond donors (Lipinski definition) is 2. The van der Waals surface area contributed by atoms with Gasteiger partial charge in [0.2, 0.25) is 11.8 Å². The van der Waals surface area contributed by atoms with E-state index in [9.17, 15) is 9.59 Å². The smallest absolute Gasteiger partial charge is 0.242 e. The summed E-state index contributed by atoms with van der Waals surface area (Å²) in [6.07, 6.45) is 1.95. The lowest BCUT2D eigenvalue weighted by Gasteiger charge is -2.23. The first kappa shape index (κ1) is 19.0. The zero-order chi connectivity index (χ0) is 18.4. The van der Waals surface area contributed by atoms with Crippen molar-refractivity contribution in [3.8, 4) is 0 Å². The number of aromatic nitrogens is 1. The van der Waals surface area contributed by atoms with E-state index in [0.29, 0.717) is 11.6 Å². The minimum Gasteiger partial charge on any atom is -0.360 e. The molecule has 1 unspecified atom stereocenters. The number of thioether (sulfide) groups is 1. The second-order valence-corrected chi connectivity index (χ2v) is 6.50. The number of carbonyl (C=O) groups is 2. The second-order valence-electron chi connectivity index (χ2n) is 5.65. The molecule has 0 spiro atoms. The SMILES string of the molecule is CSc1ccccc1NC(=O)CN(C)C(C)C(=O)Nc1cc(C)on1. The molecule has 0 aliphatic carbocycles. The summed E-state index contributed by atoms with van der Waals surface area (Å²) in [7, 11) is 1.72. The first-order chi connectivity index (χ1) is 11.9. The first-order valence-corrected chi connectivity index (χ1v) is 9.00. The molecule has 7 nitrogen and oxygen atoms in total. The van der Waals surface area contributed by atoms with E-state index in [4.69, 9.17) is 4.52 Å². The molecule has 1 aromatic heterocycles. The average molecular weight is 362 g/mol. The van der Waals surface area contributed by atoms with Crippen LogP contribution >= 0.6 is 11.8 Å². The number of para-hydroxylation sites is 1. The Labute approximate surface area is 151 Å². The van der Waals surface area contributed by atoms with Gasteiger partial charge in [0.15, 0.2) is 5.82 Å². The summed E-state index contributed by atoms with van der Waals surface area (Å²) in [5.74, 6) is 0.540. The molecule has 1 atom stereocenters. The molecule has 2 amide bonds. The van der Waals surface area contributed by atoms with Gasteiger partial charge in [0.25, 0.3) is 0 Å². The largest absolute Gasteiger partial charge is 0.360 e. The molecule has 0 bridgehead atoms. The Balaban J connectivity index is 1.90. The van der Waals surface area contributed by atoms with Crippen molar-refractivity contribution in [3.63, 3.8) is 0 Å². The minimum absolute atomic E-state index is 0.0924. The summed E-state index contributed by atoms with van der Waals surface area (Å²) in [6, 6.07) is 8.72. The molecule has 25 heavy (non-hydrogen) atoms. The molecule has 0 fully saturated rings. The number of rotatable bonds is 7. The fourth-order valence-electron chi connectivity index (χ4n) is 2.16. The molecule has 2 aromatic rings. The van der Waals surface area contributed by atoms with Gasteiger partial charge in [-0.25, -0.2) is 0 Å².